The van der Waals surface area contributed by atoms with Gasteiger partial charge in [0.2, 0.25) is 5.91 Å². The Morgan fingerprint density at radius 3 is 2.50 bits per heavy atom. The molecule has 32 heavy (non-hydrogen) atoms. The van der Waals surface area contributed by atoms with Crippen molar-refractivity contribution in [2.45, 2.75) is 27.2 Å². The van der Waals surface area contributed by atoms with Crippen molar-refractivity contribution in [1.29, 1.82) is 0 Å². The number of dihydropyridines is 1. The molecule has 5 amide bonds. The molecule has 0 aromatic heterocycles. The van der Waals surface area contributed by atoms with E-state index in [-0.39, 0.29) is 11.7 Å². The minimum Gasteiger partial charge on any atom is -0.496 e. The number of imide groups is 1. The van der Waals surface area contributed by atoms with E-state index in [9.17, 15) is 19.2 Å². The average Bonchev–Trinajstić information content (AvgIpc) is 2.75. The highest BCUT2D eigenvalue weighted by Crippen LogP contribution is 2.29. The number of anilines is 2. The summed E-state index contributed by atoms with van der Waals surface area (Å²) in [4.78, 5) is 55.2. The summed E-state index contributed by atoms with van der Waals surface area (Å²) in [6.45, 7) is 5.00. The van der Waals surface area contributed by atoms with Crippen LogP contribution < -0.4 is 10.6 Å². The number of amidine groups is 1. The maximum absolute atomic E-state index is 13.3. The van der Waals surface area contributed by atoms with Gasteiger partial charge in [-0.3, -0.25) is 14.4 Å². The fraction of sp³-hybridized carbons (Fsp3) is 0.364. The van der Waals surface area contributed by atoms with Crippen molar-refractivity contribution in [2.75, 3.05) is 30.8 Å². The van der Waals surface area contributed by atoms with Crippen LogP contribution in [0.4, 0.5) is 16.2 Å². The largest absolute Gasteiger partial charge is 0.496 e. The Morgan fingerprint density at radius 2 is 1.88 bits per heavy atom. The quantitative estimate of drug-likeness (QED) is 0.628. The second-order valence-corrected chi connectivity index (χ2v) is 7.30. The molecule has 10 heteroatoms. The predicted molar refractivity (Wildman–Crippen MR) is 119 cm³/mol. The molecule has 2 heterocycles. The molecule has 168 valence electrons. The Kier molecular flexibility index (Phi) is 6.82. The molecule has 2 aliphatic rings. The topological polar surface area (TPSA) is 120 Å². The first-order valence-corrected chi connectivity index (χ1v) is 10.3. The van der Waals surface area contributed by atoms with Gasteiger partial charge in [0.05, 0.1) is 13.7 Å². The first kappa shape index (κ1) is 22.9. The van der Waals surface area contributed by atoms with E-state index in [0.717, 1.165) is 10.5 Å². The van der Waals surface area contributed by atoms with E-state index in [1.807, 2.05) is 13.8 Å². The number of nitrogens with zero attached hydrogens (tertiary/aromatic N) is 3. The first-order chi connectivity index (χ1) is 15.3. The molecule has 0 bridgehead atoms. The predicted octanol–water partition coefficient (Wildman–Crippen LogP) is 1.99. The van der Waals surface area contributed by atoms with Crippen LogP contribution in [0.2, 0.25) is 0 Å². The molecule has 3 rings (SSSR count). The maximum Gasteiger partial charge on any atom is 0.446 e. The van der Waals surface area contributed by atoms with Crippen LogP contribution in [0.1, 0.15) is 27.2 Å². The van der Waals surface area contributed by atoms with Crippen molar-refractivity contribution < 1.29 is 28.5 Å². The number of carbonyl (C=O) groups excluding carboxylic acids is 4. The zero-order valence-corrected chi connectivity index (χ0v) is 18.5. The molecule has 1 aromatic rings. The molecule has 2 N–H and O–H groups in total. The third kappa shape index (κ3) is 4.58. The van der Waals surface area contributed by atoms with E-state index in [4.69, 9.17) is 4.74 Å². The summed E-state index contributed by atoms with van der Waals surface area (Å²) in [5, 5.41) is 5.28. The highest BCUT2D eigenvalue weighted by atomic mass is 16.5. The summed E-state index contributed by atoms with van der Waals surface area (Å²) in [7, 11) is 1.51. The molecule has 1 aromatic carbocycles. The minimum absolute atomic E-state index is 0.243. The number of fused-ring (bicyclic) bond motifs is 1. The van der Waals surface area contributed by atoms with E-state index in [1.54, 1.807) is 30.5 Å². The van der Waals surface area contributed by atoms with Crippen LogP contribution >= 0.6 is 0 Å². The van der Waals surface area contributed by atoms with Crippen molar-refractivity contribution in [3.63, 3.8) is 0 Å². The summed E-state index contributed by atoms with van der Waals surface area (Å²) in [5.74, 6) is -1.50. The number of rotatable bonds is 7. The Balaban J connectivity index is 1.83. The van der Waals surface area contributed by atoms with E-state index in [2.05, 4.69) is 15.6 Å². The second-order valence-electron chi connectivity index (χ2n) is 7.30. The van der Waals surface area contributed by atoms with Gasteiger partial charge in [0.15, 0.2) is 12.5 Å². The van der Waals surface area contributed by atoms with Crippen molar-refractivity contribution in [1.82, 2.24) is 4.90 Å². The van der Waals surface area contributed by atoms with Gasteiger partial charge in [-0.2, -0.15) is 9.48 Å². The van der Waals surface area contributed by atoms with Gasteiger partial charge in [0, 0.05) is 23.9 Å². The molecule has 0 saturated heterocycles. The summed E-state index contributed by atoms with van der Waals surface area (Å²) < 4.78 is 7.01. The molecule has 2 aliphatic heterocycles. The SMILES string of the molecule is CCOC1=C(CC)C=NC2=[N+](C)C(=O)N(CC(=O)Nc3cccc(NC(C)=O)c3)C(=O)C12. The Labute approximate surface area is 185 Å². The Hall–Kier alpha value is -3.82. The lowest BCUT2D eigenvalue weighted by atomic mass is 9.94. The van der Waals surface area contributed by atoms with Crippen LogP contribution in [0.25, 0.3) is 0 Å². The van der Waals surface area contributed by atoms with E-state index in [0.29, 0.717) is 30.2 Å². The van der Waals surface area contributed by atoms with Crippen LogP contribution in [0.15, 0.2) is 40.6 Å². The fourth-order valence-electron chi connectivity index (χ4n) is 3.58. The van der Waals surface area contributed by atoms with Crippen molar-refractivity contribution in [3.05, 3.63) is 35.6 Å². The highest BCUT2D eigenvalue weighted by Gasteiger charge is 2.51. The number of carbonyl (C=O) groups is 4. The van der Waals surface area contributed by atoms with E-state index < -0.39 is 30.3 Å². The van der Waals surface area contributed by atoms with Gasteiger partial charge in [0.1, 0.15) is 12.0 Å². The van der Waals surface area contributed by atoms with Gasteiger partial charge in [-0.15, -0.1) is 4.99 Å². The van der Waals surface area contributed by atoms with Crippen LogP contribution in [0.5, 0.6) is 0 Å². The normalized spacial score (nSPS) is 18.0. The number of hydrogen-bond donors (Lipinski definition) is 2. The standard InChI is InChI=1S/C22H25N5O5/c1-5-14-11-23-20-18(19(14)32-6-2)21(30)27(22(31)26(20)4)12-17(29)25-16-9-7-8-15(10-16)24-13(3)28/h7-11,18H,5-6,12H2,1-4H3,(H-,24,25,28,29)/p+1. The fourth-order valence-corrected chi connectivity index (χ4v) is 3.58. The first-order valence-electron chi connectivity index (χ1n) is 10.3. The summed E-state index contributed by atoms with van der Waals surface area (Å²) in [5.41, 5.74) is 1.71. The van der Waals surface area contributed by atoms with Crippen molar-refractivity contribution in [2.24, 2.45) is 10.9 Å². The second kappa shape index (κ2) is 9.54. The molecule has 1 unspecified atom stereocenters. The molecule has 0 aliphatic carbocycles. The number of amides is 5. The molecular weight excluding hydrogens is 414 g/mol. The van der Waals surface area contributed by atoms with E-state index in [1.165, 1.54) is 18.5 Å². The van der Waals surface area contributed by atoms with Gasteiger partial charge in [0.25, 0.3) is 11.7 Å². The molecule has 10 nitrogen and oxygen atoms in total. The number of benzene rings is 1. The van der Waals surface area contributed by atoms with Gasteiger partial charge < -0.3 is 15.4 Å². The maximum atomic E-state index is 13.3. The third-order valence-corrected chi connectivity index (χ3v) is 5.01. The smallest absolute Gasteiger partial charge is 0.446 e. The average molecular weight is 440 g/mol. The number of urea groups is 1. The number of ether oxygens (including phenoxy) is 1. The van der Waals surface area contributed by atoms with Gasteiger partial charge in [-0.25, -0.2) is 4.79 Å². The molecular formula is C22H26N5O5+. The van der Waals surface area contributed by atoms with Crippen LogP contribution in [0.3, 0.4) is 0 Å². The lowest BCUT2D eigenvalue weighted by molar-refractivity contribution is -0.408. The zero-order valence-electron chi connectivity index (χ0n) is 18.5. The third-order valence-electron chi connectivity index (χ3n) is 5.01. The monoisotopic (exact) mass is 440 g/mol. The summed E-state index contributed by atoms with van der Waals surface area (Å²) in [6.07, 6.45) is 2.22. The molecule has 1 atom stereocenters. The zero-order chi connectivity index (χ0) is 23.4. The van der Waals surface area contributed by atoms with Gasteiger partial charge >= 0.3 is 11.9 Å². The van der Waals surface area contributed by atoms with Crippen LogP contribution in [-0.2, 0) is 19.1 Å². The number of allylic oxidation sites excluding steroid dienone is 1. The Morgan fingerprint density at radius 1 is 1.19 bits per heavy atom. The number of aliphatic imine (C=N–C) groups is 1. The summed E-state index contributed by atoms with van der Waals surface area (Å²) >= 11 is 0. The van der Waals surface area contributed by atoms with Gasteiger partial charge in [-0.05, 0) is 31.5 Å². The lowest BCUT2D eigenvalue weighted by Crippen LogP contribution is -2.56. The minimum atomic E-state index is -0.881. The van der Waals surface area contributed by atoms with Crippen molar-refractivity contribution in [3.8, 4) is 0 Å². The number of nitrogens with one attached hydrogen (secondary N) is 2. The van der Waals surface area contributed by atoms with Crippen LogP contribution in [-0.4, -0.2) is 65.5 Å². The van der Waals surface area contributed by atoms with E-state index >= 15 is 0 Å². The number of hydrogen-bond acceptors (Lipinski definition) is 6. The molecule has 0 fully saturated rings. The van der Waals surface area contributed by atoms with Crippen molar-refractivity contribution >= 4 is 47.2 Å². The van der Waals surface area contributed by atoms with Crippen LogP contribution in [0, 0.1) is 5.92 Å². The molecule has 0 saturated carbocycles. The summed E-state index contributed by atoms with van der Waals surface area (Å²) in [6, 6.07) is 5.92. The molecule has 0 radical (unpaired) electrons. The van der Waals surface area contributed by atoms with Gasteiger partial charge in [-0.1, -0.05) is 13.0 Å². The molecule has 0 spiro atoms. The highest BCUT2D eigenvalue weighted by molar-refractivity contribution is 6.17. The lowest BCUT2D eigenvalue weighted by Gasteiger charge is -2.29. The Bertz CT molecular complexity index is 1070.